The van der Waals surface area contributed by atoms with E-state index in [1.165, 1.54) is 23.2 Å². The fourth-order valence-corrected chi connectivity index (χ4v) is 5.82. The molecule has 0 aliphatic rings. The number of hydrogen-bond donors (Lipinski definition) is 6. The van der Waals surface area contributed by atoms with Gasteiger partial charge in [-0.2, -0.15) is 0 Å². The minimum atomic E-state index is -1.41. The number of carbonyl (C=O) groups excluding carboxylic acids is 2. The quantitative estimate of drug-likeness (QED) is 0.0706. The van der Waals surface area contributed by atoms with Gasteiger partial charge in [0.15, 0.2) is 0 Å². The first-order chi connectivity index (χ1) is 25.5. The number of aryl methyl sites for hydroxylation is 1. The normalized spacial score (nSPS) is 11.3. The van der Waals surface area contributed by atoms with E-state index in [0.717, 1.165) is 11.1 Å². The highest BCUT2D eigenvalue weighted by molar-refractivity contribution is 5.85. The summed E-state index contributed by atoms with van der Waals surface area (Å²) in [5.74, 6) is -6.81. The topological polar surface area (TPSA) is 275 Å². The van der Waals surface area contributed by atoms with Gasteiger partial charge in [-0.15, -0.1) is 0 Å². The van der Waals surface area contributed by atoms with Crippen molar-refractivity contribution >= 4 is 41.7 Å². The lowest BCUT2D eigenvalue weighted by Crippen LogP contribution is -2.50. The van der Waals surface area contributed by atoms with Gasteiger partial charge in [0.05, 0.1) is 13.1 Å². The molecule has 1 aromatic carbocycles. The standard InChI is InChI=1S/C35H45N7O12/c1-24-2-4-25(5-3-24)9-15-39(19-27-37-14-17-41(27)21-29(44)42(22-33(51)52)23-34(53)54)18-26-36-13-16-40(26)20-28(43)38-35(10-6-30(45)46,11-7-31(47)48)12-8-32(49)50/h2-5,13-14,16-17H,6-12,15,18-23H2,1H3,(H,38,43)(H,45,46)(H,47,48)(H,49,50)(H,51,52)(H,53,54). The Kier molecular flexibility index (Phi) is 15.8. The van der Waals surface area contributed by atoms with Crippen LogP contribution in [0.5, 0.6) is 0 Å². The van der Waals surface area contributed by atoms with Crippen molar-refractivity contribution in [1.82, 2.24) is 34.2 Å². The fraction of sp³-hybridized carbons (Fsp3) is 0.457. The molecule has 19 heteroatoms. The van der Waals surface area contributed by atoms with Crippen molar-refractivity contribution in [3.63, 3.8) is 0 Å². The minimum Gasteiger partial charge on any atom is -0.481 e. The lowest BCUT2D eigenvalue weighted by Gasteiger charge is -2.34. The Morgan fingerprint density at radius 2 is 1.15 bits per heavy atom. The molecule has 0 bridgehead atoms. The molecule has 0 aliphatic carbocycles. The van der Waals surface area contributed by atoms with E-state index < -0.39 is 79.6 Å². The summed E-state index contributed by atoms with van der Waals surface area (Å²) in [5.41, 5.74) is 0.706. The predicted molar refractivity (Wildman–Crippen MR) is 187 cm³/mol. The van der Waals surface area contributed by atoms with Crippen molar-refractivity contribution in [2.24, 2.45) is 0 Å². The van der Waals surface area contributed by atoms with Crippen LogP contribution in [0.25, 0.3) is 0 Å². The molecule has 0 atom stereocenters. The lowest BCUT2D eigenvalue weighted by molar-refractivity contribution is -0.149. The van der Waals surface area contributed by atoms with Crippen molar-refractivity contribution in [3.05, 3.63) is 71.8 Å². The molecule has 54 heavy (non-hydrogen) atoms. The molecule has 2 heterocycles. The second-order valence-corrected chi connectivity index (χ2v) is 12.9. The molecule has 19 nitrogen and oxygen atoms in total. The summed E-state index contributed by atoms with van der Waals surface area (Å²) in [5, 5.41) is 49.1. The van der Waals surface area contributed by atoms with Crippen LogP contribution in [-0.4, -0.2) is 121 Å². The van der Waals surface area contributed by atoms with Gasteiger partial charge in [-0.1, -0.05) is 29.8 Å². The molecule has 292 valence electrons. The lowest BCUT2D eigenvalue weighted by atomic mass is 9.83. The van der Waals surface area contributed by atoms with Crippen LogP contribution in [0.2, 0.25) is 0 Å². The number of aromatic nitrogens is 4. The second-order valence-electron chi connectivity index (χ2n) is 12.9. The van der Waals surface area contributed by atoms with Gasteiger partial charge in [-0.05, 0) is 38.2 Å². The van der Waals surface area contributed by atoms with Gasteiger partial charge >= 0.3 is 29.8 Å². The van der Waals surface area contributed by atoms with Gasteiger partial charge in [0.25, 0.3) is 0 Å². The van der Waals surface area contributed by atoms with Crippen molar-refractivity contribution in [3.8, 4) is 0 Å². The smallest absolute Gasteiger partial charge is 0.323 e. The summed E-state index contributed by atoms with van der Waals surface area (Å²) in [7, 11) is 0. The number of benzene rings is 1. The maximum Gasteiger partial charge on any atom is 0.323 e. The van der Waals surface area contributed by atoms with E-state index in [2.05, 4.69) is 15.3 Å². The van der Waals surface area contributed by atoms with Crippen LogP contribution in [0, 0.1) is 6.92 Å². The Bertz CT molecular complexity index is 1720. The van der Waals surface area contributed by atoms with Crippen molar-refractivity contribution < 1.29 is 59.1 Å². The molecule has 0 unspecified atom stereocenters. The van der Waals surface area contributed by atoms with E-state index in [1.54, 1.807) is 10.8 Å². The number of carboxylic acid groups (broad SMARTS) is 5. The molecule has 3 rings (SSSR count). The number of aliphatic carboxylic acids is 5. The third-order valence-corrected chi connectivity index (χ3v) is 8.65. The molecule has 2 aromatic heterocycles. The SMILES string of the molecule is Cc1ccc(CCN(Cc2nccn2CC(=O)NC(CCC(=O)O)(CCC(=O)O)CCC(=O)O)Cc2nccn2CC(=O)N(CC(=O)O)CC(=O)O)cc1. The number of imidazole rings is 2. The average molecular weight is 756 g/mol. The first-order valence-corrected chi connectivity index (χ1v) is 17.0. The van der Waals surface area contributed by atoms with Gasteiger partial charge in [0.2, 0.25) is 11.8 Å². The fourth-order valence-electron chi connectivity index (χ4n) is 5.82. The molecule has 0 saturated carbocycles. The highest BCUT2D eigenvalue weighted by atomic mass is 16.4. The van der Waals surface area contributed by atoms with E-state index in [0.29, 0.717) is 29.5 Å². The molecular formula is C35H45N7O12. The summed E-state index contributed by atoms with van der Waals surface area (Å²) < 4.78 is 3.04. The number of nitrogens with one attached hydrogen (secondary N) is 1. The molecule has 3 aromatic rings. The van der Waals surface area contributed by atoms with E-state index in [4.69, 9.17) is 0 Å². The Hall–Kier alpha value is -6.11. The second kappa shape index (κ2) is 20.2. The maximum atomic E-state index is 13.5. The van der Waals surface area contributed by atoms with Crippen LogP contribution in [0.15, 0.2) is 49.1 Å². The zero-order chi connectivity index (χ0) is 39.8. The van der Waals surface area contributed by atoms with Gasteiger partial charge in [-0.25, -0.2) is 9.97 Å². The van der Waals surface area contributed by atoms with Crippen LogP contribution in [0.1, 0.15) is 61.3 Å². The number of nitrogens with zero attached hydrogens (tertiary/aromatic N) is 6. The molecule has 2 amide bonds. The Balaban J connectivity index is 1.85. The molecule has 6 N–H and O–H groups in total. The Morgan fingerprint density at radius 1 is 0.685 bits per heavy atom. The molecular weight excluding hydrogens is 710 g/mol. The minimum absolute atomic E-state index is 0.158. The summed E-state index contributed by atoms with van der Waals surface area (Å²) >= 11 is 0. The molecule has 0 spiro atoms. The van der Waals surface area contributed by atoms with Crippen molar-refractivity contribution in [2.45, 2.75) is 83.6 Å². The Morgan fingerprint density at radius 3 is 1.59 bits per heavy atom. The van der Waals surface area contributed by atoms with Gasteiger partial charge < -0.3 is 44.9 Å². The van der Waals surface area contributed by atoms with Gasteiger partial charge in [0.1, 0.15) is 37.8 Å². The zero-order valence-corrected chi connectivity index (χ0v) is 29.8. The monoisotopic (exact) mass is 755 g/mol. The zero-order valence-electron chi connectivity index (χ0n) is 29.8. The first-order valence-electron chi connectivity index (χ1n) is 17.0. The van der Waals surface area contributed by atoms with Crippen LogP contribution in [-0.2, 0) is 66.2 Å². The van der Waals surface area contributed by atoms with E-state index in [9.17, 15) is 59.1 Å². The number of hydrogen-bond acceptors (Lipinski definition) is 10. The third kappa shape index (κ3) is 14.5. The van der Waals surface area contributed by atoms with Crippen molar-refractivity contribution in [1.29, 1.82) is 0 Å². The molecule has 0 saturated heterocycles. The Labute approximate surface area is 309 Å². The molecule has 0 aliphatic heterocycles. The van der Waals surface area contributed by atoms with E-state index in [1.807, 2.05) is 36.1 Å². The van der Waals surface area contributed by atoms with Crippen LogP contribution >= 0.6 is 0 Å². The van der Waals surface area contributed by atoms with Crippen LogP contribution in [0.4, 0.5) is 0 Å². The maximum absolute atomic E-state index is 13.5. The average Bonchev–Trinajstić information content (AvgIpc) is 3.72. The number of rotatable bonds is 25. The summed E-state index contributed by atoms with van der Waals surface area (Å²) in [6.45, 7) is 0.477. The third-order valence-electron chi connectivity index (χ3n) is 8.65. The van der Waals surface area contributed by atoms with Crippen LogP contribution in [0.3, 0.4) is 0 Å². The summed E-state index contributed by atoms with van der Waals surface area (Å²) in [6, 6.07) is 7.94. The highest BCUT2D eigenvalue weighted by Gasteiger charge is 2.34. The largest absolute Gasteiger partial charge is 0.481 e. The van der Waals surface area contributed by atoms with E-state index >= 15 is 0 Å². The number of carbonyl (C=O) groups is 7. The highest BCUT2D eigenvalue weighted by Crippen LogP contribution is 2.26. The van der Waals surface area contributed by atoms with Gasteiger partial charge in [-0.3, -0.25) is 38.5 Å². The first kappa shape index (κ1) is 42.3. The number of carboxylic acids is 5. The number of amides is 2. The van der Waals surface area contributed by atoms with E-state index in [-0.39, 0.29) is 45.4 Å². The molecule has 0 fully saturated rings. The summed E-state index contributed by atoms with van der Waals surface area (Å²) in [6.07, 6.45) is 4.77. The van der Waals surface area contributed by atoms with Crippen molar-refractivity contribution in [2.75, 3.05) is 19.6 Å². The summed E-state index contributed by atoms with van der Waals surface area (Å²) in [4.78, 5) is 94.8. The van der Waals surface area contributed by atoms with Crippen LogP contribution < -0.4 is 5.32 Å². The molecule has 0 radical (unpaired) electrons. The predicted octanol–water partition coefficient (Wildman–Crippen LogP) is 1.08. The van der Waals surface area contributed by atoms with Gasteiger partial charge in [0, 0.05) is 56.1 Å².